The van der Waals surface area contributed by atoms with Crippen molar-refractivity contribution in [3.05, 3.63) is 58.9 Å². The van der Waals surface area contributed by atoms with Crippen molar-refractivity contribution in [1.82, 2.24) is 19.7 Å². The van der Waals surface area contributed by atoms with Crippen LogP contribution in [0.4, 0.5) is 5.69 Å². The number of rotatable bonds is 5. The van der Waals surface area contributed by atoms with Gasteiger partial charge in [0.05, 0.1) is 11.7 Å². The van der Waals surface area contributed by atoms with Gasteiger partial charge in [-0.05, 0) is 94.4 Å². The van der Waals surface area contributed by atoms with Crippen LogP contribution in [0.2, 0.25) is 0 Å². The zero-order valence-corrected chi connectivity index (χ0v) is 21.1. The van der Waals surface area contributed by atoms with Gasteiger partial charge in [-0.2, -0.15) is 0 Å². The van der Waals surface area contributed by atoms with Crippen molar-refractivity contribution >= 4 is 5.69 Å². The Morgan fingerprint density at radius 1 is 1.03 bits per heavy atom. The molecule has 34 heavy (non-hydrogen) atoms. The molecule has 2 fully saturated rings. The van der Waals surface area contributed by atoms with Crippen LogP contribution < -0.4 is 4.90 Å². The molecule has 0 spiro atoms. The average Bonchev–Trinajstić information content (AvgIpc) is 3.34. The maximum Gasteiger partial charge on any atom is 0.0607 e. The highest BCUT2D eigenvalue weighted by molar-refractivity contribution is 5.58. The molecule has 1 aromatic heterocycles. The second kappa shape index (κ2) is 9.60. The normalized spacial score (nSPS) is 27.5. The van der Waals surface area contributed by atoms with Crippen LogP contribution in [0.5, 0.6) is 0 Å². The van der Waals surface area contributed by atoms with Crippen molar-refractivity contribution in [2.24, 2.45) is 0 Å². The third-order valence-electron chi connectivity index (χ3n) is 9.17. The summed E-state index contributed by atoms with van der Waals surface area (Å²) < 4.78 is 0. The van der Waals surface area contributed by atoms with Gasteiger partial charge in [-0.25, -0.2) is 0 Å². The maximum absolute atomic E-state index is 4.79. The highest BCUT2D eigenvalue weighted by Gasteiger charge is 2.33. The molecule has 0 unspecified atom stereocenters. The van der Waals surface area contributed by atoms with Crippen LogP contribution >= 0.6 is 0 Å². The third kappa shape index (κ3) is 4.27. The van der Waals surface area contributed by atoms with Crippen LogP contribution in [0.1, 0.15) is 60.5 Å². The second-order valence-corrected chi connectivity index (χ2v) is 11.2. The van der Waals surface area contributed by atoms with E-state index in [4.69, 9.17) is 4.98 Å². The van der Waals surface area contributed by atoms with E-state index in [2.05, 4.69) is 64.0 Å². The summed E-state index contributed by atoms with van der Waals surface area (Å²) in [7, 11) is 4.65. The number of likely N-dealkylation sites (N-methyl/N-ethyl adjacent to an activating group) is 1. The van der Waals surface area contributed by atoms with Crippen LogP contribution in [-0.2, 0) is 19.4 Å². The molecule has 3 aliphatic heterocycles. The molecule has 5 nitrogen and oxygen atoms in total. The summed E-state index contributed by atoms with van der Waals surface area (Å²) >= 11 is 0. The molecule has 1 aliphatic carbocycles. The smallest absolute Gasteiger partial charge is 0.0607 e. The zero-order valence-electron chi connectivity index (χ0n) is 21.1. The number of nitrogens with zero attached hydrogens (tertiary/aromatic N) is 5. The first-order valence-electron chi connectivity index (χ1n) is 13.6. The van der Waals surface area contributed by atoms with Gasteiger partial charge >= 0.3 is 0 Å². The largest absolute Gasteiger partial charge is 0.368 e. The van der Waals surface area contributed by atoms with Gasteiger partial charge in [0.2, 0.25) is 0 Å². The molecule has 0 amide bonds. The van der Waals surface area contributed by atoms with E-state index in [1.807, 2.05) is 6.20 Å². The Morgan fingerprint density at radius 2 is 1.94 bits per heavy atom. The lowest BCUT2D eigenvalue weighted by Gasteiger charge is -2.42. The van der Waals surface area contributed by atoms with Crippen LogP contribution in [-0.4, -0.2) is 78.6 Å². The number of aromatic nitrogens is 1. The minimum absolute atomic E-state index is 0.476. The molecule has 0 bridgehead atoms. The molecular weight excluding hydrogens is 418 g/mol. The van der Waals surface area contributed by atoms with Crippen LogP contribution in [0.3, 0.4) is 0 Å². The second-order valence-electron chi connectivity index (χ2n) is 11.2. The van der Waals surface area contributed by atoms with Gasteiger partial charge in [-0.3, -0.25) is 19.7 Å². The van der Waals surface area contributed by atoms with Gasteiger partial charge in [0, 0.05) is 56.7 Å². The summed E-state index contributed by atoms with van der Waals surface area (Å²) in [5.74, 6) is 0. The molecule has 3 atom stereocenters. The van der Waals surface area contributed by atoms with E-state index >= 15 is 0 Å². The molecule has 5 heteroatoms. The molecule has 0 N–H and O–H groups in total. The predicted molar refractivity (Wildman–Crippen MR) is 139 cm³/mol. The standard InChI is InChI=1S/C29H41N5/c1-31(28-12-3-7-22-9-5-14-30-29(22)28)16-13-24-19-26-23(20-32(24)2)8-4-11-27(26)34-18-17-33-15-6-10-25(33)21-34/h4-5,8-9,11,14,24-25,28H,3,6-7,10,12-13,15-21H2,1-2H3/t24-,25+,28-/m0/s1. The van der Waals surface area contributed by atoms with Gasteiger partial charge in [0.15, 0.2) is 0 Å². The van der Waals surface area contributed by atoms with Crippen molar-refractivity contribution in [3.8, 4) is 0 Å². The van der Waals surface area contributed by atoms with Crippen molar-refractivity contribution in [2.45, 2.75) is 69.6 Å². The van der Waals surface area contributed by atoms with Gasteiger partial charge in [0.1, 0.15) is 0 Å². The summed E-state index contributed by atoms with van der Waals surface area (Å²) in [6.07, 6.45) is 10.8. The first kappa shape index (κ1) is 22.5. The molecule has 6 rings (SSSR count). The molecule has 0 radical (unpaired) electrons. The van der Waals surface area contributed by atoms with Crippen LogP contribution in [0.15, 0.2) is 36.5 Å². The predicted octanol–water partition coefficient (Wildman–Crippen LogP) is 4.12. The molecule has 4 heterocycles. The van der Waals surface area contributed by atoms with Crippen molar-refractivity contribution < 1.29 is 0 Å². The highest BCUT2D eigenvalue weighted by atomic mass is 15.3. The summed E-state index contributed by atoms with van der Waals surface area (Å²) in [6, 6.07) is 13.3. The average molecular weight is 460 g/mol. The summed E-state index contributed by atoms with van der Waals surface area (Å²) in [4.78, 5) is 15.4. The molecule has 1 aromatic carbocycles. The van der Waals surface area contributed by atoms with E-state index in [9.17, 15) is 0 Å². The summed E-state index contributed by atoms with van der Waals surface area (Å²) in [6.45, 7) is 7.16. The van der Waals surface area contributed by atoms with Crippen molar-refractivity contribution in [2.75, 3.05) is 51.7 Å². The fraction of sp³-hybridized carbons (Fsp3) is 0.621. The van der Waals surface area contributed by atoms with Gasteiger partial charge in [-0.15, -0.1) is 0 Å². The number of pyridine rings is 1. The number of anilines is 1. The molecular formula is C29H41N5. The number of benzene rings is 1. The SMILES string of the molecule is CN1Cc2cccc(N3CCN4CCC[C@@H]4C3)c2C[C@@H]1CCN(C)[C@H]1CCCc2cccnc21. The Morgan fingerprint density at radius 3 is 2.88 bits per heavy atom. The minimum atomic E-state index is 0.476. The lowest BCUT2D eigenvalue weighted by molar-refractivity contribution is 0.157. The lowest BCUT2D eigenvalue weighted by atomic mass is 9.89. The van der Waals surface area contributed by atoms with E-state index in [0.29, 0.717) is 12.1 Å². The van der Waals surface area contributed by atoms with Gasteiger partial charge in [-0.1, -0.05) is 18.2 Å². The van der Waals surface area contributed by atoms with E-state index < -0.39 is 0 Å². The monoisotopic (exact) mass is 459 g/mol. The van der Waals surface area contributed by atoms with E-state index in [-0.39, 0.29) is 0 Å². The Hall–Kier alpha value is -1.95. The van der Waals surface area contributed by atoms with E-state index in [1.165, 1.54) is 88.1 Å². The number of hydrogen-bond acceptors (Lipinski definition) is 5. The van der Waals surface area contributed by atoms with E-state index in [1.54, 1.807) is 11.1 Å². The first-order chi connectivity index (χ1) is 16.7. The number of fused-ring (bicyclic) bond motifs is 3. The summed E-state index contributed by atoms with van der Waals surface area (Å²) in [5, 5.41) is 0. The maximum atomic E-state index is 4.79. The molecule has 4 aliphatic rings. The number of aryl methyl sites for hydroxylation is 1. The molecule has 0 saturated carbocycles. The fourth-order valence-corrected chi connectivity index (χ4v) is 7.15. The Kier molecular flexibility index (Phi) is 6.35. The van der Waals surface area contributed by atoms with Crippen LogP contribution in [0, 0.1) is 0 Å². The first-order valence-corrected chi connectivity index (χ1v) is 13.6. The number of piperazine rings is 1. The van der Waals surface area contributed by atoms with Crippen molar-refractivity contribution in [1.29, 1.82) is 0 Å². The Balaban J connectivity index is 1.15. The third-order valence-corrected chi connectivity index (χ3v) is 9.17. The minimum Gasteiger partial charge on any atom is -0.368 e. The Bertz CT molecular complexity index is 1010. The topological polar surface area (TPSA) is 25.9 Å². The molecule has 2 aromatic rings. The summed E-state index contributed by atoms with van der Waals surface area (Å²) in [5.41, 5.74) is 7.49. The van der Waals surface area contributed by atoms with Gasteiger partial charge < -0.3 is 4.90 Å². The fourth-order valence-electron chi connectivity index (χ4n) is 7.15. The quantitative estimate of drug-likeness (QED) is 0.670. The van der Waals surface area contributed by atoms with Crippen molar-refractivity contribution in [3.63, 3.8) is 0 Å². The van der Waals surface area contributed by atoms with E-state index in [0.717, 1.165) is 19.1 Å². The molecule has 2 saturated heterocycles. The Labute approximate surface area is 205 Å². The number of hydrogen-bond donors (Lipinski definition) is 0. The van der Waals surface area contributed by atoms with Gasteiger partial charge in [0.25, 0.3) is 0 Å². The molecule has 182 valence electrons. The lowest BCUT2D eigenvalue weighted by Crippen LogP contribution is -2.50. The highest BCUT2D eigenvalue weighted by Crippen LogP contribution is 2.35. The zero-order chi connectivity index (χ0) is 23.1. The van der Waals surface area contributed by atoms with Crippen LogP contribution in [0.25, 0.3) is 0 Å².